The molecule has 45 heavy (non-hydrogen) atoms. The van der Waals surface area contributed by atoms with Crippen LogP contribution in [0.3, 0.4) is 0 Å². The first-order valence-electron chi connectivity index (χ1n) is 17.8. The maximum absolute atomic E-state index is 13.8. The molecule has 1 aliphatic carbocycles. The molecule has 1 saturated heterocycles. The van der Waals surface area contributed by atoms with Crippen LogP contribution in [0.2, 0.25) is 0 Å². The summed E-state index contributed by atoms with van der Waals surface area (Å²) in [4.78, 5) is 13.8. The van der Waals surface area contributed by atoms with E-state index in [4.69, 9.17) is 0 Å². The Hall–Kier alpha value is -3.10. The van der Waals surface area contributed by atoms with Gasteiger partial charge in [0.05, 0.1) is 9.49 Å². The van der Waals surface area contributed by atoms with Crippen LogP contribution in [0, 0.1) is 0 Å². The minimum atomic E-state index is -0.338. The van der Waals surface area contributed by atoms with E-state index < -0.39 is 0 Å². The third kappa shape index (κ3) is 6.20. The van der Waals surface area contributed by atoms with Gasteiger partial charge in [0, 0.05) is 11.1 Å². The van der Waals surface area contributed by atoms with Gasteiger partial charge < -0.3 is 0 Å². The Morgan fingerprint density at radius 2 is 0.867 bits per heavy atom. The normalized spacial score (nSPS) is 15.6. The van der Waals surface area contributed by atoms with Crippen LogP contribution in [0.15, 0.2) is 97.1 Å². The number of hydrogen-bond donors (Lipinski definition) is 0. The minimum Gasteiger partial charge on any atom is -0.289 e. The lowest BCUT2D eigenvalue weighted by atomic mass is 9.67. The molecule has 0 aromatic heterocycles. The van der Waals surface area contributed by atoms with Gasteiger partial charge in [-0.3, -0.25) is 4.79 Å². The highest BCUT2D eigenvalue weighted by molar-refractivity contribution is 8.09. The third-order valence-electron chi connectivity index (χ3n) is 10.2. The Balaban J connectivity index is 1.33. The van der Waals surface area contributed by atoms with Gasteiger partial charge in [-0.05, 0) is 59.1 Å². The zero-order valence-electron chi connectivity index (χ0n) is 27.5. The summed E-state index contributed by atoms with van der Waals surface area (Å²) in [6.45, 7) is 4.56. The summed E-state index contributed by atoms with van der Waals surface area (Å²) in [5, 5.41) is 0. The average Bonchev–Trinajstić information content (AvgIpc) is 3.79. The fourth-order valence-electron chi connectivity index (χ4n) is 7.68. The lowest BCUT2D eigenvalue weighted by molar-refractivity contribution is 0.103. The van der Waals surface area contributed by atoms with E-state index in [1.54, 1.807) is 0 Å². The maximum atomic E-state index is 13.8. The second-order valence-corrected chi connectivity index (χ2v) is 14.7. The first-order chi connectivity index (χ1) is 22.2. The summed E-state index contributed by atoms with van der Waals surface area (Å²) in [5.41, 5.74) is 9.55. The molecule has 1 heterocycles. The Bertz CT molecular complexity index is 1460. The monoisotopic (exact) mass is 614 g/mol. The van der Waals surface area contributed by atoms with Gasteiger partial charge >= 0.3 is 0 Å². The van der Waals surface area contributed by atoms with Crippen molar-refractivity contribution in [2.45, 2.75) is 113 Å². The van der Waals surface area contributed by atoms with Crippen LogP contribution in [0.4, 0.5) is 0 Å². The molecule has 1 nitrogen and oxygen atoms in total. The molecule has 1 spiro atoms. The van der Waals surface area contributed by atoms with Gasteiger partial charge in [0.25, 0.3) is 0 Å². The molecule has 234 valence electrons. The highest BCUT2D eigenvalue weighted by Gasteiger charge is 2.74. The van der Waals surface area contributed by atoms with Crippen LogP contribution in [0.1, 0.15) is 140 Å². The average molecular weight is 615 g/mol. The zero-order chi connectivity index (χ0) is 31.1. The minimum absolute atomic E-state index is 0.150. The van der Waals surface area contributed by atoms with E-state index in [-0.39, 0.29) is 15.3 Å². The van der Waals surface area contributed by atoms with E-state index in [0.717, 1.165) is 35.1 Å². The zero-order valence-corrected chi connectivity index (χ0v) is 28.3. The van der Waals surface area contributed by atoms with Crippen LogP contribution in [0.25, 0.3) is 0 Å². The van der Waals surface area contributed by atoms with E-state index in [2.05, 4.69) is 86.6 Å². The fourth-order valence-corrected chi connectivity index (χ4v) is 9.63. The SMILES string of the molecule is CCCCCCCCc1ccc(C2(c3ccc(CCCCCCCC)cc3)SC23c2ccccc2C(=O)c2ccccc23)cc1. The summed E-state index contributed by atoms with van der Waals surface area (Å²) in [5.74, 6) is 0.150. The highest BCUT2D eigenvalue weighted by atomic mass is 32.2. The fraction of sp³-hybridized carbons (Fsp3) is 0.419. The third-order valence-corrected chi connectivity index (χ3v) is 12.2. The molecule has 0 amide bonds. The van der Waals surface area contributed by atoms with Crippen molar-refractivity contribution in [1.82, 2.24) is 0 Å². The first-order valence-corrected chi connectivity index (χ1v) is 18.6. The second-order valence-electron chi connectivity index (χ2n) is 13.3. The van der Waals surface area contributed by atoms with E-state index in [1.165, 1.54) is 99.3 Å². The molecular weight excluding hydrogens is 565 g/mol. The summed E-state index contributed by atoms with van der Waals surface area (Å²) in [6.07, 6.45) is 18.2. The van der Waals surface area contributed by atoms with Crippen LogP contribution in [0.5, 0.6) is 0 Å². The van der Waals surface area contributed by atoms with Gasteiger partial charge in [0.1, 0.15) is 0 Å². The van der Waals surface area contributed by atoms with Crippen LogP contribution >= 0.6 is 11.8 Å². The van der Waals surface area contributed by atoms with Crippen molar-refractivity contribution >= 4 is 17.5 Å². The lowest BCUT2D eigenvalue weighted by Gasteiger charge is -2.32. The molecular formula is C43H50OS. The molecule has 0 saturated carbocycles. The predicted octanol–water partition coefficient (Wildman–Crippen LogP) is 12.0. The van der Waals surface area contributed by atoms with Crippen molar-refractivity contribution in [1.29, 1.82) is 0 Å². The predicted molar refractivity (Wildman–Crippen MR) is 193 cm³/mol. The molecule has 0 atom stereocenters. The van der Waals surface area contributed by atoms with Crippen molar-refractivity contribution in [3.8, 4) is 0 Å². The van der Waals surface area contributed by atoms with Crippen LogP contribution in [-0.4, -0.2) is 5.78 Å². The van der Waals surface area contributed by atoms with Gasteiger partial charge in [0.15, 0.2) is 5.78 Å². The number of carbonyl (C=O) groups excluding carboxylic acids is 1. The summed E-state index contributed by atoms with van der Waals surface area (Å²) < 4.78 is -0.632. The van der Waals surface area contributed by atoms with E-state index in [9.17, 15) is 4.79 Å². The molecule has 1 fully saturated rings. The summed E-state index contributed by atoms with van der Waals surface area (Å²) in [6, 6.07) is 35.8. The lowest BCUT2D eigenvalue weighted by Crippen LogP contribution is -2.32. The van der Waals surface area contributed by atoms with Crippen LogP contribution < -0.4 is 0 Å². The van der Waals surface area contributed by atoms with E-state index in [1.807, 2.05) is 36.0 Å². The molecule has 0 unspecified atom stereocenters. The van der Waals surface area contributed by atoms with Gasteiger partial charge in [-0.15, -0.1) is 11.8 Å². The molecule has 2 heteroatoms. The molecule has 1 aliphatic heterocycles. The topological polar surface area (TPSA) is 17.1 Å². The molecule has 0 bridgehead atoms. The Morgan fingerprint density at radius 1 is 0.467 bits per heavy atom. The molecule has 0 N–H and O–H groups in total. The number of carbonyl (C=O) groups is 1. The van der Waals surface area contributed by atoms with Crippen molar-refractivity contribution in [3.63, 3.8) is 0 Å². The van der Waals surface area contributed by atoms with Crippen molar-refractivity contribution < 1.29 is 4.79 Å². The Morgan fingerprint density at radius 3 is 1.31 bits per heavy atom. The number of aryl methyl sites for hydroxylation is 2. The number of rotatable bonds is 16. The highest BCUT2D eigenvalue weighted by Crippen LogP contribution is 2.82. The quantitative estimate of drug-likeness (QED) is 0.0922. The standard InChI is InChI=1S/C43H50OS/c1-3-5-7-9-11-13-19-33-25-29-35(30-26-33)42(36-31-27-34(28-32-36)20-14-12-10-8-6-4-2)43(45-42)39-23-17-15-21-37(39)41(44)38-22-16-18-24-40(38)43/h15-18,21-32H,3-14,19-20H2,1-2H3. The molecule has 4 aromatic carbocycles. The van der Waals surface area contributed by atoms with Gasteiger partial charge in [0.2, 0.25) is 0 Å². The van der Waals surface area contributed by atoms with Gasteiger partial charge in [-0.2, -0.15) is 0 Å². The number of benzene rings is 4. The van der Waals surface area contributed by atoms with Gasteiger partial charge in [-0.1, -0.05) is 175 Å². The number of ketones is 1. The largest absolute Gasteiger partial charge is 0.289 e. The Kier molecular flexibility index (Phi) is 10.3. The molecule has 0 radical (unpaired) electrons. The van der Waals surface area contributed by atoms with E-state index in [0.29, 0.717) is 0 Å². The first kappa shape index (κ1) is 31.9. The van der Waals surface area contributed by atoms with Crippen LogP contribution in [-0.2, 0) is 22.3 Å². The number of hydrogen-bond acceptors (Lipinski definition) is 2. The number of unbranched alkanes of at least 4 members (excludes halogenated alkanes) is 10. The summed E-state index contributed by atoms with van der Waals surface area (Å²) >= 11 is 2.02. The van der Waals surface area contributed by atoms with Crippen molar-refractivity contribution in [3.05, 3.63) is 142 Å². The number of fused-ring (bicyclic) bond motifs is 4. The second kappa shape index (κ2) is 14.5. The molecule has 2 aliphatic rings. The molecule has 6 rings (SSSR count). The van der Waals surface area contributed by atoms with Crippen molar-refractivity contribution in [2.75, 3.05) is 0 Å². The maximum Gasteiger partial charge on any atom is 0.193 e. The van der Waals surface area contributed by atoms with E-state index >= 15 is 0 Å². The van der Waals surface area contributed by atoms with Crippen molar-refractivity contribution in [2.24, 2.45) is 0 Å². The van der Waals surface area contributed by atoms with Gasteiger partial charge in [-0.25, -0.2) is 0 Å². The summed E-state index contributed by atoms with van der Waals surface area (Å²) in [7, 11) is 0. The smallest absolute Gasteiger partial charge is 0.193 e. The Labute approximate surface area is 276 Å². The number of thioether (sulfide) groups is 1. The molecule has 4 aromatic rings.